The lowest BCUT2D eigenvalue weighted by molar-refractivity contribution is -0.141. The second-order valence-corrected chi connectivity index (χ2v) is 5.52. The van der Waals surface area contributed by atoms with Gasteiger partial charge in [0.25, 0.3) is 0 Å². The average Bonchev–Trinajstić information content (AvgIpc) is 3.33. The molecule has 2 rings (SSSR count). The van der Waals surface area contributed by atoms with Crippen LogP contribution in [-0.4, -0.2) is 30.4 Å². The van der Waals surface area contributed by atoms with Gasteiger partial charge in [-0.05, 0) is 43.9 Å². The van der Waals surface area contributed by atoms with Crippen molar-refractivity contribution in [3.63, 3.8) is 0 Å². The molecule has 0 saturated heterocycles. The number of hydrogen-bond donors (Lipinski definition) is 3. The molecule has 23 heavy (non-hydrogen) atoms. The lowest BCUT2D eigenvalue weighted by Crippen LogP contribution is -2.48. The van der Waals surface area contributed by atoms with Crippen LogP contribution in [0.5, 0.6) is 5.75 Å². The fraction of sp³-hybridized carbons (Fsp3) is 0.438. The molecule has 1 aliphatic rings. The first-order chi connectivity index (χ1) is 11.0. The molecule has 3 N–H and O–H groups in total. The van der Waals surface area contributed by atoms with Gasteiger partial charge in [0.05, 0.1) is 6.61 Å². The van der Waals surface area contributed by atoms with Gasteiger partial charge in [0.1, 0.15) is 5.75 Å². The predicted octanol–water partition coefficient (Wildman–Crippen LogP) is 0.580. The molecule has 0 radical (unpaired) electrons. The Labute approximate surface area is 134 Å². The van der Waals surface area contributed by atoms with Crippen LogP contribution in [0.4, 0.5) is 0 Å². The van der Waals surface area contributed by atoms with Crippen molar-refractivity contribution in [3.05, 3.63) is 29.8 Å². The number of aryl methyl sites for hydroxylation is 1. The number of carbonyl (C=O) groups is 3. The van der Waals surface area contributed by atoms with Gasteiger partial charge < -0.3 is 10.1 Å². The normalized spacial score (nSPS) is 13.1. The maximum Gasteiger partial charge on any atom is 0.327 e. The van der Waals surface area contributed by atoms with Crippen molar-refractivity contribution in [2.75, 3.05) is 6.61 Å². The molecule has 1 aromatic carbocycles. The summed E-state index contributed by atoms with van der Waals surface area (Å²) in [6, 6.07) is 7.75. The van der Waals surface area contributed by atoms with E-state index in [1.165, 1.54) is 0 Å². The summed E-state index contributed by atoms with van der Waals surface area (Å²) in [4.78, 5) is 34.3. The summed E-state index contributed by atoms with van der Waals surface area (Å²) < 4.78 is 5.52. The summed E-state index contributed by atoms with van der Waals surface area (Å²) >= 11 is 0. The average molecular weight is 319 g/mol. The van der Waals surface area contributed by atoms with Gasteiger partial charge in [-0.2, -0.15) is 0 Å². The second-order valence-electron chi connectivity index (χ2n) is 5.52. The highest BCUT2D eigenvalue weighted by Crippen LogP contribution is 2.18. The molecule has 1 aliphatic carbocycles. The Balaban J connectivity index is 1.56. The maximum atomic E-state index is 11.6. The first kappa shape index (κ1) is 16.8. The van der Waals surface area contributed by atoms with Crippen LogP contribution in [0.2, 0.25) is 0 Å². The number of hydrazine groups is 1. The minimum absolute atomic E-state index is 0.0997. The Bertz CT molecular complexity index is 584. The molecule has 0 aliphatic heterocycles. The van der Waals surface area contributed by atoms with Gasteiger partial charge in [0.15, 0.2) is 0 Å². The Kier molecular flexibility index (Phi) is 5.96. The summed E-state index contributed by atoms with van der Waals surface area (Å²) in [7, 11) is 0. The van der Waals surface area contributed by atoms with E-state index in [0.29, 0.717) is 13.0 Å². The molecular weight excluding hydrogens is 298 g/mol. The van der Waals surface area contributed by atoms with Gasteiger partial charge in [0, 0.05) is 12.5 Å². The molecule has 0 spiro atoms. The minimum atomic E-state index is -0.860. The summed E-state index contributed by atoms with van der Waals surface area (Å²) in [5, 5.41) is 2.53. The number of benzene rings is 1. The second kappa shape index (κ2) is 8.17. The molecule has 124 valence electrons. The van der Waals surface area contributed by atoms with Crippen LogP contribution in [0.15, 0.2) is 24.3 Å². The molecule has 1 aromatic rings. The lowest BCUT2D eigenvalue weighted by Gasteiger charge is -2.08. The molecule has 0 unspecified atom stereocenters. The Morgan fingerprint density at radius 1 is 1.17 bits per heavy atom. The fourth-order valence-electron chi connectivity index (χ4n) is 1.85. The topological polar surface area (TPSA) is 96.5 Å². The molecule has 1 saturated carbocycles. The quantitative estimate of drug-likeness (QED) is 0.406. The van der Waals surface area contributed by atoms with E-state index in [1.807, 2.05) is 31.2 Å². The third-order valence-electron chi connectivity index (χ3n) is 3.24. The fourth-order valence-corrected chi connectivity index (χ4v) is 1.85. The maximum absolute atomic E-state index is 11.6. The number of carbonyl (C=O) groups excluding carboxylic acids is 3. The Morgan fingerprint density at radius 2 is 1.96 bits per heavy atom. The predicted molar refractivity (Wildman–Crippen MR) is 83.4 cm³/mol. The Morgan fingerprint density at radius 3 is 2.65 bits per heavy atom. The largest absolute Gasteiger partial charge is 0.494 e. The number of rotatable bonds is 6. The third kappa shape index (κ3) is 6.37. The van der Waals surface area contributed by atoms with E-state index < -0.39 is 11.8 Å². The van der Waals surface area contributed by atoms with Crippen molar-refractivity contribution in [3.8, 4) is 5.75 Å². The summed E-state index contributed by atoms with van der Waals surface area (Å²) in [6.07, 6.45) is 2.49. The number of hydrogen-bond acceptors (Lipinski definition) is 4. The van der Waals surface area contributed by atoms with Gasteiger partial charge in [-0.3, -0.25) is 25.2 Å². The summed E-state index contributed by atoms with van der Waals surface area (Å²) in [5.41, 5.74) is 5.40. The smallest absolute Gasteiger partial charge is 0.327 e. The van der Waals surface area contributed by atoms with E-state index in [4.69, 9.17) is 4.74 Å². The van der Waals surface area contributed by atoms with Crippen molar-refractivity contribution in [1.82, 2.24) is 16.2 Å². The first-order valence-electron chi connectivity index (χ1n) is 7.64. The highest BCUT2D eigenvalue weighted by atomic mass is 16.5. The van der Waals surface area contributed by atoms with Crippen molar-refractivity contribution < 1.29 is 19.1 Å². The number of nitrogens with one attached hydrogen (secondary N) is 3. The van der Waals surface area contributed by atoms with Crippen LogP contribution >= 0.6 is 0 Å². The zero-order valence-corrected chi connectivity index (χ0v) is 13.1. The van der Waals surface area contributed by atoms with E-state index in [9.17, 15) is 14.4 Å². The summed E-state index contributed by atoms with van der Waals surface area (Å²) in [6.45, 7) is 2.37. The highest BCUT2D eigenvalue weighted by molar-refractivity contribution is 6.35. The van der Waals surface area contributed by atoms with Crippen molar-refractivity contribution in [2.45, 2.75) is 38.6 Å². The molecule has 1 fully saturated rings. The van der Waals surface area contributed by atoms with E-state index in [0.717, 1.165) is 24.2 Å². The number of amides is 3. The number of ether oxygens (including phenoxy) is 1. The van der Waals surface area contributed by atoms with Crippen LogP contribution in [0.3, 0.4) is 0 Å². The van der Waals surface area contributed by atoms with E-state index >= 15 is 0 Å². The van der Waals surface area contributed by atoms with Gasteiger partial charge >= 0.3 is 11.8 Å². The molecular formula is C16H21N3O4. The minimum Gasteiger partial charge on any atom is -0.494 e. The van der Waals surface area contributed by atoms with E-state index in [1.54, 1.807) is 0 Å². The molecule has 7 nitrogen and oxygen atoms in total. The Hall–Kier alpha value is -2.57. The molecule has 7 heteroatoms. The SMILES string of the molecule is Cc1cccc(OCCCC(=O)NNC(=O)C(=O)NC2CC2)c1. The van der Waals surface area contributed by atoms with Crippen molar-refractivity contribution >= 4 is 17.7 Å². The standard InChI is InChI=1S/C16H21N3O4/c1-11-4-2-5-13(10-11)23-9-3-6-14(20)18-19-16(22)15(21)17-12-7-8-12/h2,4-5,10,12H,3,6-9H2,1H3,(H,17,21)(H,18,20)(H,19,22). The first-order valence-corrected chi connectivity index (χ1v) is 7.64. The molecule has 3 amide bonds. The van der Waals surface area contributed by atoms with Gasteiger partial charge in [-0.1, -0.05) is 12.1 Å². The van der Waals surface area contributed by atoms with Gasteiger partial charge in [0.2, 0.25) is 5.91 Å². The highest BCUT2D eigenvalue weighted by Gasteiger charge is 2.26. The van der Waals surface area contributed by atoms with Crippen LogP contribution in [0.25, 0.3) is 0 Å². The van der Waals surface area contributed by atoms with E-state index in [2.05, 4.69) is 16.2 Å². The van der Waals surface area contributed by atoms with Crippen LogP contribution < -0.4 is 20.9 Å². The third-order valence-corrected chi connectivity index (χ3v) is 3.24. The van der Waals surface area contributed by atoms with Crippen molar-refractivity contribution in [1.29, 1.82) is 0 Å². The van der Waals surface area contributed by atoms with Gasteiger partial charge in [-0.15, -0.1) is 0 Å². The van der Waals surface area contributed by atoms with E-state index in [-0.39, 0.29) is 18.4 Å². The molecule has 0 atom stereocenters. The summed E-state index contributed by atoms with van der Waals surface area (Å²) in [5.74, 6) is -1.20. The molecule has 0 heterocycles. The van der Waals surface area contributed by atoms with Crippen LogP contribution in [0, 0.1) is 6.92 Å². The zero-order chi connectivity index (χ0) is 16.7. The van der Waals surface area contributed by atoms with Gasteiger partial charge in [-0.25, -0.2) is 0 Å². The van der Waals surface area contributed by atoms with Crippen molar-refractivity contribution in [2.24, 2.45) is 0 Å². The lowest BCUT2D eigenvalue weighted by atomic mass is 10.2. The van der Waals surface area contributed by atoms with Crippen LogP contribution in [0.1, 0.15) is 31.2 Å². The monoisotopic (exact) mass is 319 g/mol. The van der Waals surface area contributed by atoms with Crippen LogP contribution in [-0.2, 0) is 14.4 Å². The molecule has 0 aromatic heterocycles. The molecule has 0 bridgehead atoms. The zero-order valence-electron chi connectivity index (χ0n) is 13.1.